The summed E-state index contributed by atoms with van der Waals surface area (Å²) < 4.78 is 1.15. The molecular formula is C10H12N4OS2. The van der Waals surface area contributed by atoms with Crippen LogP contribution >= 0.6 is 23.1 Å². The molecule has 7 heteroatoms. The molecule has 0 radical (unpaired) electrons. The van der Waals surface area contributed by atoms with E-state index in [-0.39, 0.29) is 11.9 Å². The second-order valence-corrected chi connectivity index (χ2v) is 5.60. The summed E-state index contributed by atoms with van der Waals surface area (Å²) in [4.78, 5) is 15.6. The average Bonchev–Trinajstić information content (AvgIpc) is 2.99. The van der Waals surface area contributed by atoms with E-state index in [1.807, 2.05) is 24.4 Å². The summed E-state index contributed by atoms with van der Waals surface area (Å²) in [5, 5.41) is 11.3. The van der Waals surface area contributed by atoms with Gasteiger partial charge < -0.3 is 5.32 Å². The Balaban J connectivity index is 1.77. The topological polar surface area (TPSA) is 70.7 Å². The van der Waals surface area contributed by atoms with Crippen LogP contribution in [0.1, 0.15) is 18.8 Å². The lowest BCUT2D eigenvalue weighted by Gasteiger charge is -2.10. The smallest absolute Gasteiger partial charge is 0.230 e. The Hall–Kier alpha value is -1.34. The third-order valence-corrected chi connectivity index (χ3v) is 4.19. The fourth-order valence-electron chi connectivity index (χ4n) is 1.26. The lowest BCUT2D eigenvalue weighted by Crippen LogP contribution is -2.28. The molecule has 0 aliphatic heterocycles. The van der Waals surface area contributed by atoms with E-state index in [2.05, 4.69) is 20.5 Å². The number of thiophene rings is 1. The molecule has 2 aromatic rings. The van der Waals surface area contributed by atoms with Crippen molar-refractivity contribution in [3.05, 3.63) is 29.7 Å². The molecule has 0 spiro atoms. The second kappa shape index (κ2) is 5.83. The van der Waals surface area contributed by atoms with Gasteiger partial charge >= 0.3 is 0 Å². The zero-order valence-electron chi connectivity index (χ0n) is 9.21. The van der Waals surface area contributed by atoms with Gasteiger partial charge in [0.05, 0.1) is 16.0 Å². The zero-order chi connectivity index (χ0) is 12.1. The van der Waals surface area contributed by atoms with E-state index >= 15 is 0 Å². The normalized spacial score (nSPS) is 12.3. The number of nitrogens with one attached hydrogen (secondary N) is 2. The van der Waals surface area contributed by atoms with Crippen LogP contribution in [-0.4, -0.2) is 26.8 Å². The molecule has 2 N–H and O–H groups in total. The highest BCUT2D eigenvalue weighted by atomic mass is 32.2. The van der Waals surface area contributed by atoms with Crippen molar-refractivity contribution >= 4 is 29.0 Å². The van der Waals surface area contributed by atoms with E-state index in [1.165, 1.54) is 18.1 Å². The molecule has 0 aliphatic carbocycles. The van der Waals surface area contributed by atoms with Gasteiger partial charge in [0, 0.05) is 0 Å². The molecule has 1 atom stereocenters. The van der Waals surface area contributed by atoms with Gasteiger partial charge in [0.1, 0.15) is 12.2 Å². The van der Waals surface area contributed by atoms with Crippen molar-refractivity contribution in [1.82, 2.24) is 20.5 Å². The maximum atomic E-state index is 11.7. The molecular weight excluding hydrogens is 256 g/mol. The molecule has 2 aromatic heterocycles. The molecule has 0 saturated heterocycles. The van der Waals surface area contributed by atoms with Crippen LogP contribution in [0.3, 0.4) is 0 Å². The van der Waals surface area contributed by atoms with Gasteiger partial charge in [0.15, 0.2) is 0 Å². The van der Waals surface area contributed by atoms with Crippen LogP contribution in [0.15, 0.2) is 28.0 Å². The van der Waals surface area contributed by atoms with Gasteiger partial charge in [0.25, 0.3) is 0 Å². The molecule has 90 valence electrons. The fraction of sp³-hybridized carbons (Fsp3) is 0.300. The number of hydrogen-bond acceptors (Lipinski definition) is 5. The highest BCUT2D eigenvalue weighted by Gasteiger charge is 2.11. The molecule has 17 heavy (non-hydrogen) atoms. The SMILES string of the molecule is CC(NC(=O)CSc1cccs1)c1ncn[nH]1. The maximum Gasteiger partial charge on any atom is 0.230 e. The average molecular weight is 268 g/mol. The Morgan fingerprint density at radius 3 is 3.24 bits per heavy atom. The number of H-pyrrole nitrogens is 1. The first-order valence-electron chi connectivity index (χ1n) is 5.06. The molecule has 0 aliphatic rings. The summed E-state index contributed by atoms with van der Waals surface area (Å²) in [6, 6.07) is 3.83. The minimum atomic E-state index is -0.145. The molecule has 5 nitrogen and oxygen atoms in total. The number of rotatable bonds is 5. The molecule has 1 unspecified atom stereocenters. The highest BCUT2D eigenvalue weighted by Crippen LogP contribution is 2.23. The Kier molecular flexibility index (Phi) is 4.16. The van der Waals surface area contributed by atoms with Crippen LogP contribution < -0.4 is 5.32 Å². The monoisotopic (exact) mass is 268 g/mol. The fourth-order valence-corrected chi connectivity index (χ4v) is 2.85. The Morgan fingerprint density at radius 1 is 1.71 bits per heavy atom. The van der Waals surface area contributed by atoms with Crippen molar-refractivity contribution in [2.24, 2.45) is 0 Å². The van der Waals surface area contributed by atoms with E-state index < -0.39 is 0 Å². The van der Waals surface area contributed by atoms with Crippen LogP contribution in [0, 0.1) is 0 Å². The van der Waals surface area contributed by atoms with Gasteiger partial charge in [-0.25, -0.2) is 4.98 Å². The molecule has 0 aromatic carbocycles. The first-order valence-corrected chi connectivity index (χ1v) is 6.93. The molecule has 2 rings (SSSR count). The number of amides is 1. The molecule has 1 amide bonds. The van der Waals surface area contributed by atoms with Gasteiger partial charge in [-0.3, -0.25) is 9.89 Å². The number of carbonyl (C=O) groups excluding carboxylic acids is 1. The van der Waals surface area contributed by atoms with Crippen molar-refractivity contribution < 1.29 is 4.79 Å². The van der Waals surface area contributed by atoms with Crippen molar-refractivity contribution in [1.29, 1.82) is 0 Å². The van der Waals surface area contributed by atoms with E-state index in [4.69, 9.17) is 0 Å². The summed E-state index contributed by atoms with van der Waals surface area (Å²) in [6.07, 6.45) is 1.43. The summed E-state index contributed by atoms with van der Waals surface area (Å²) in [5.74, 6) is 1.07. The van der Waals surface area contributed by atoms with Crippen molar-refractivity contribution in [3.8, 4) is 0 Å². The van der Waals surface area contributed by atoms with Crippen LogP contribution in [0.5, 0.6) is 0 Å². The zero-order valence-corrected chi connectivity index (χ0v) is 10.8. The van der Waals surface area contributed by atoms with Gasteiger partial charge in [-0.2, -0.15) is 5.10 Å². The minimum Gasteiger partial charge on any atom is -0.346 e. The lowest BCUT2D eigenvalue weighted by molar-refractivity contribution is -0.119. The summed E-state index contributed by atoms with van der Waals surface area (Å²) in [6.45, 7) is 1.87. The van der Waals surface area contributed by atoms with Crippen molar-refractivity contribution in [3.63, 3.8) is 0 Å². The van der Waals surface area contributed by atoms with Crippen molar-refractivity contribution in [2.75, 3.05) is 5.75 Å². The molecule has 0 bridgehead atoms. The predicted molar refractivity (Wildman–Crippen MR) is 68.0 cm³/mol. The first kappa shape index (κ1) is 12.1. The van der Waals surface area contributed by atoms with E-state index in [0.717, 1.165) is 4.21 Å². The number of aromatic amines is 1. The Bertz CT molecular complexity index is 455. The third-order valence-electron chi connectivity index (χ3n) is 2.06. The Labute approximate surface area is 107 Å². The predicted octanol–water partition coefficient (Wildman–Crippen LogP) is 1.84. The van der Waals surface area contributed by atoms with E-state index in [0.29, 0.717) is 11.6 Å². The Morgan fingerprint density at radius 2 is 2.59 bits per heavy atom. The van der Waals surface area contributed by atoms with Crippen LogP contribution in [0.25, 0.3) is 0 Å². The third kappa shape index (κ3) is 3.57. The number of thioether (sulfide) groups is 1. The summed E-state index contributed by atoms with van der Waals surface area (Å²) >= 11 is 3.17. The first-order chi connectivity index (χ1) is 8.25. The largest absolute Gasteiger partial charge is 0.346 e. The molecule has 0 saturated carbocycles. The lowest BCUT2D eigenvalue weighted by atomic mass is 10.3. The quantitative estimate of drug-likeness (QED) is 0.812. The second-order valence-electron chi connectivity index (χ2n) is 3.38. The number of aromatic nitrogens is 3. The number of hydrogen-bond donors (Lipinski definition) is 2. The summed E-state index contributed by atoms with van der Waals surface area (Å²) in [5.41, 5.74) is 0. The van der Waals surface area contributed by atoms with Crippen molar-refractivity contribution in [2.45, 2.75) is 17.2 Å². The standard InChI is InChI=1S/C10H12N4OS2/c1-7(10-11-6-12-14-10)13-8(15)5-17-9-3-2-4-16-9/h2-4,6-7H,5H2,1H3,(H,13,15)(H,11,12,14). The van der Waals surface area contributed by atoms with Crippen LogP contribution in [0.4, 0.5) is 0 Å². The number of nitrogens with zero attached hydrogens (tertiary/aromatic N) is 2. The maximum absolute atomic E-state index is 11.7. The van der Waals surface area contributed by atoms with Gasteiger partial charge in [-0.15, -0.1) is 23.1 Å². The van der Waals surface area contributed by atoms with Crippen LogP contribution in [0.2, 0.25) is 0 Å². The van der Waals surface area contributed by atoms with Gasteiger partial charge in [-0.1, -0.05) is 6.07 Å². The van der Waals surface area contributed by atoms with Gasteiger partial charge in [0.2, 0.25) is 5.91 Å². The minimum absolute atomic E-state index is 0.00713. The number of carbonyl (C=O) groups is 1. The van der Waals surface area contributed by atoms with Gasteiger partial charge in [-0.05, 0) is 18.4 Å². The molecule has 2 heterocycles. The summed E-state index contributed by atoms with van der Waals surface area (Å²) in [7, 11) is 0. The molecule has 0 fully saturated rings. The van der Waals surface area contributed by atoms with E-state index in [9.17, 15) is 4.79 Å². The highest BCUT2D eigenvalue weighted by molar-refractivity contribution is 8.01. The van der Waals surface area contributed by atoms with Crippen LogP contribution in [-0.2, 0) is 4.79 Å². The van der Waals surface area contributed by atoms with E-state index in [1.54, 1.807) is 11.3 Å².